The lowest BCUT2D eigenvalue weighted by Crippen LogP contribution is -2.70. The number of benzene rings is 1. The Morgan fingerprint density at radius 3 is 2.40 bits per heavy atom. The Bertz CT molecular complexity index is 2000. The minimum atomic E-state index is -2.25. The van der Waals surface area contributed by atoms with Gasteiger partial charge in [0.25, 0.3) is 0 Å². The lowest BCUT2D eigenvalue weighted by Gasteiger charge is -2.63. The van der Waals surface area contributed by atoms with E-state index < -0.39 is 101 Å². The maximum absolute atomic E-state index is 18.4. The summed E-state index contributed by atoms with van der Waals surface area (Å²) in [6.45, 7) is 9.22. The molecule has 3 N–H and O–H groups in total. The van der Waals surface area contributed by atoms with Crippen LogP contribution in [0, 0.1) is 28.6 Å². The van der Waals surface area contributed by atoms with Crippen LogP contribution in [0.5, 0.6) is 0 Å². The second-order valence-corrected chi connectivity index (χ2v) is 15.8. The molecule has 0 radical (unpaired) electrons. The molecule has 3 fully saturated rings. The van der Waals surface area contributed by atoms with Crippen molar-refractivity contribution in [3.63, 3.8) is 0 Å². The van der Waals surface area contributed by atoms with E-state index in [9.17, 15) is 38.7 Å². The normalized spacial score (nSPS) is 32.8. The summed E-state index contributed by atoms with van der Waals surface area (Å²) in [5.41, 5.74) is 0.287. The van der Waals surface area contributed by atoms with Crippen LogP contribution in [0.4, 0.5) is 4.39 Å². The van der Waals surface area contributed by atoms with Crippen LogP contribution in [-0.4, -0.2) is 76.7 Å². The second-order valence-electron chi connectivity index (χ2n) is 15.8. The number of ketones is 4. The smallest absolute Gasteiger partial charge is 0.306 e. The summed E-state index contributed by atoms with van der Waals surface area (Å²) in [6, 6.07) is 6.68. The van der Waals surface area contributed by atoms with Gasteiger partial charge in [0.2, 0.25) is 5.78 Å². The van der Waals surface area contributed by atoms with Crippen LogP contribution >= 0.6 is 0 Å². The van der Waals surface area contributed by atoms with Gasteiger partial charge in [-0.15, -0.1) is 0 Å². The molecule has 57 heavy (non-hydrogen) atoms. The third-order valence-electron chi connectivity index (χ3n) is 12.9. The standard InChI is InChI=1S/C42H46FNO11.C2H6/c1-23-18-31-30-12-11-26-20-27(46)15-16-39(26,3)41(30,43)34(21-40(31,4)42(23,52)33(48)22-54-24(2)45)55-36(50)14-13-35(49)53-17-7-10-29-37(44)32(47)19-25-8-5-6-9-28(25)38(29)51;1-2/h5-10,15-16,20,23,30-31,34,52H,11-14,17-19,21-22,44H2,1-4H3;1-2H3/b10-7+;/t23-,30?,31+,34?,39?,40?,41+,42+;/m1./s1. The molecule has 8 atom stereocenters. The third-order valence-corrected chi connectivity index (χ3v) is 12.9. The van der Waals surface area contributed by atoms with Crippen LogP contribution in [0.3, 0.4) is 0 Å². The van der Waals surface area contributed by atoms with Crippen molar-refractivity contribution in [2.24, 2.45) is 34.3 Å². The number of fused-ring (bicyclic) bond motifs is 6. The summed E-state index contributed by atoms with van der Waals surface area (Å²) in [6.07, 6.45) is 5.14. The van der Waals surface area contributed by atoms with Gasteiger partial charge in [0, 0.05) is 41.2 Å². The molecule has 0 heterocycles. The average molecular weight is 790 g/mol. The molecule has 306 valence electrons. The van der Waals surface area contributed by atoms with Crippen molar-refractivity contribution in [2.75, 3.05) is 13.2 Å². The van der Waals surface area contributed by atoms with Crippen LogP contribution in [0.2, 0.25) is 0 Å². The van der Waals surface area contributed by atoms with Crippen LogP contribution in [0.25, 0.3) is 0 Å². The van der Waals surface area contributed by atoms with Gasteiger partial charge in [-0.05, 0) is 74.3 Å². The van der Waals surface area contributed by atoms with Crippen molar-refractivity contribution in [3.05, 3.63) is 82.6 Å². The number of aliphatic hydroxyl groups is 1. The first-order valence-electron chi connectivity index (χ1n) is 19.6. The third kappa shape index (κ3) is 7.35. The molecule has 0 aromatic heterocycles. The van der Waals surface area contributed by atoms with Crippen LogP contribution < -0.4 is 5.73 Å². The minimum Gasteiger partial charge on any atom is -0.461 e. The molecule has 13 heteroatoms. The van der Waals surface area contributed by atoms with Crippen LogP contribution in [0.15, 0.2) is 71.5 Å². The number of hydrogen-bond acceptors (Lipinski definition) is 12. The van der Waals surface area contributed by atoms with E-state index in [0.29, 0.717) is 23.1 Å². The van der Waals surface area contributed by atoms with Crippen molar-refractivity contribution in [2.45, 2.75) is 104 Å². The molecule has 5 aliphatic rings. The number of carbonyl (C=O) groups is 7. The summed E-state index contributed by atoms with van der Waals surface area (Å²) >= 11 is 0. The lowest BCUT2D eigenvalue weighted by atomic mass is 9.44. The van der Waals surface area contributed by atoms with E-state index in [1.807, 2.05) is 13.8 Å². The molecule has 6 rings (SSSR count). The van der Waals surface area contributed by atoms with Gasteiger partial charge in [-0.2, -0.15) is 0 Å². The fraction of sp³-hybridized carbons (Fsp3) is 0.523. The highest BCUT2D eigenvalue weighted by molar-refractivity contribution is 6.18. The van der Waals surface area contributed by atoms with Gasteiger partial charge in [-0.3, -0.25) is 33.6 Å². The molecule has 1 aromatic rings. The highest BCUT2D eigenvalue weighted by atomic mass is 19.1. The largest absolute Gasteiger partial charge is 0.461 e. The quantitative estimate of drug-likeness (QED) is 0.235. The molecule has 1 aromatic carbocycles. The summed E-state index contributed by atoms with van der Waals surface area (Å²) in [5, 5.41) is 12.2. The van der Waals surface area contributed by atoms with E-state index in [0.717, 1.165) is 6.92 Å². The minimum absolute atomic E-state index is 0.0251. The van der Waals surface area contributed by atoms with E-state index in [2.05, 4.69) is 0 Å². The first-order chi connectivity index (χ1) is 26.9. The first-order valence-corrected chi connectivity index (χ1v) is 19.6. The number of hydrogen-bond donors (Lipinski definition) is 2. The predicted molar refractivity (Wildman–Crippen MR) is 205 cm³/mol. The van der Waals surface area contributed by atoms with Crippen molar-refractivity contribution in [1.29, 1.82) is 0 Å². The van der Waals surface area contributed by atoms with Crippen molar-refractivity contribution in [3.8, 4) is 0 Å². The van der Waals surface area contributed by atoms with Gasteiger partial charge in [0.1, 0.15) is 18.3 Å². The van der Waals surface area contributed by atoms with E-state index >= 15 is 4.39 Å². The Morgan fingerprint density at radius 2 is 1.70 bits per heavy atom. The zero-order chi connectivity index (χ0) is 42.1. The SMILES string of the molecule is CC.CC(=O)OCC(=O)[C@@]1(O)[C@H](C)C[C@H]2C3CCC4=CC(=O)C=CC4(C)[C@@]3(F)C(OC(=O)CCC(=O)OC/C=C/C3=C(N)C(=O)Cc4ccccc4C3=O)CC21C. The maximum atomic E-state index is 18.4. The van der Waals surface area contributed by atoms with E-state index in [-0.39, 0.29) is 49.3 Å². The predicted octanol–water partition coefficient (Wildman–Crippen LogP) is 5.14. The number of rotatable bonds is 10. The highest BCUT2D eigenvalue weighted by Crippen LogP contribution is 2.71. The molecule has 4 unspecified atom stereocenters. The number of carbonyl (C=O) groups excluding carboxylic acids is 7. The number of nitrogens with two attached hydrogens (primary N) is 1. The maximum Gasteiger partial charge on any atom is 0.306 e. The van der Waals surface area contributed by atoms with Gasteiger partial charge in [-0.1, -0.05) is 63.6 Å². The summed E-state index contributed by atoms with van der Waals surface area (Å²) < 4.78 is 34.5. The van der Waals surface area contributed by atoms with Gasteiger partial charge in [0.05, 0.1) is 18.5 Å². The average Bonchev–Trinajstić information content (AvgIpc) is 3.33. The monoisotopic (exact) mass is 789 g/mol. The van der Waals surface area contributed by atoms with Crippen LogP contribution in [-0.2, 0) is 49.4 Å². The zero-order valence-electron chi connectivity index (χ0n) is 33.4. The molecular weight excluding hydrogens is 737 g/mol. The van der Waals surface area contributed by atoms with Gasteiger partial charge < -0.3 is 25.1 Å². The molecule has 0 bridgehead atoms. The Balaban J connectivity index is 0.00000305. The molecule has 0 saturated heterocycles. The second kappa shape index (κ2) is 16.4. The highest BCUT2D eigenvalue weighted by Gasteiger charge is 2.76. The molecule has 3 saturated carbocycles. The zero-order valence-corrected chi connectivity index (χ0v) is 33.4. The van der Waals surface area contributed by atoms with Gasteiger partial charge in [0.15, 0.2) is 29.6 Å². The molecule has 0 spiro atoms. The Labute approximate surface area is 331 Å². The number of Topliss-reactive ketones (excluding diaryl/α,β-unsaturated/α-hetero) is 3. The van der Waals surface area contributed by atoms with Gasteiger partial charge >= 0.3 is 17.9 Å². The molecule has 0 aliphatic heterocycles. The Kier molecular flexibility index (Phi) is 12.4. The first kappa shape index (κ1) is 43.1. The van der Waals surface area contributed by atoms with Crippen molar-refractivity contribution >= 4 is 41.0 Å². The van der Waals surface area contributed by atoms with Crippen LogP contribution in [0.1, 0.15) is 96.0 Å². The van der Waals surface area contributed by atoms with Crippen molar-refractivity contribution in [1.82, 2.24) is 0 Å². The van der Waals surface area contributed by atoms with Crippen molar-refractivity contribution < 1.29 is 57.3 Å². The number of halogens is 1. The molecule has 12 nitrogen and oxygen atoms in total. The Hall–Kier alpha value is -5.04. The Morgan fingerprint density at radius 1 is 1.02 bits per heavy atom. The number of allylic oxidation sites excluding steroid dienone is 7. The molecular formula is C44H52FNO11. The summed E-state index contributed by atoms with van der Waals surface area (Å²) in [4.78, 5) is 89.5. The van der Waals surface area contributed by atoms with E-state index in [1.54, 1.807) is 45.0 Å². The fourth-order valence-electron chi connectivity index (χ4n) is 10.1. The molecule has 5 aliphatic carbocycles. The summed E-state index contributed by atoms with van der Waals surface area (Å²) in [5.74, 6) is -6.24. The number of alkyl halides is 1. The van der Waals surface area contributed by atoms with Gasteiger partial charge in [-0.25, -0.2) is 4.39 Å². The number of esters is 3. The lowest BCUT2D eigenvalue weighted by molar-refractivity contribution is -0.230. The fourth-order valence-corrected chi connectivity index (χ4v) is 10.1. The summed E-state index contributed by atoms with van der Waals surface area (Å²) in [7, 11) is 0. The van der Waals surface area contributed by atoms with E-state index in [4.69, 9.17) is 19.9 Å². The number of ether oxygens (including phenoxy) is 3. The van der Waals surface area contributed by atoms with E-state index in [1.165, 1.54) is 30.4 Å². The topological polar surface area (TPSA) is 193 Å². The molecule has 0 amide bonds.